The highest BCUT2D eigenvalue weighted by Crippen LogP contribution is 2.26. The van der Waals surface area contributed by atoms with Gasteiger partial charge < -0.3 is 11.1 Å². The summed E-state index contributed by atoms with van der Waals surface area (Å²) in [7, 11) is 0. The van der Waals surface area contributed by atoms with Crippen LogP contribution in [0.2, 0.25) is 0 Å². The van der Waals surface area contributed by atoms with Gasteiger partial charge in [-0.3, -0.25) is 9.79 Å². The molecule has 0 bridgehead atoms. The molecule has 1 aliphatic rings. The number of amides is 1. The van der Waals surface area contributed by atoms with Crippen LogP contribution in [-0.2, 0) is 4.79 Å². The smallest absolute Gasteiger partial charge is 0.236 e. The summed E-state index contributed by atoms with van der Waals surface area (Å²) in [6.45, 7) is 5.33. The zero-order valence-corrected chi connectivity index (χ0v) is 8.78. The Bertz CT molecular complexity index is 238. The molecule has 1 amide bonds. The van der Waals surface area contributed by atoms with Crippen molar-refractivity contribution in [3.05, 3.63) is 0 Å². The van der Waals surface area contributed by atoms with Crippen molar-refractivity contribution in [2.45, 2.75) is 13.8 Å². The van der Waals surface area contributed by atoms with E-state index in [-0.39, 0.29) is 17.9 Å². The molecule has 0 saturated heterocycles. The standard InChI is InChI=1S/C8H15N3OS/c1-8(2)4-11-7(13-5-8)10-3-6(9)12/h3-5H2,1-2H3,(H2,9,12)(H,10,11). The average Bonchev–Trinajstić information content (AvgIpc) is 2.02. The number of amidine groups is 1. The fourth-order valence-corrected chi connectivity index (χ4v) is 1.86. The quantitative estimate of drug-likeness (QED) is 0.670. The van der Waals surface area contributed by atoms with Gasteiger partial charge in [0.15, 0.2) is 5.17 Å². The molecule has 1 heterocycles. The van der Waals surface area contributed by atoms with E-state index in [4.69, 9.17) is 5.73 Å². The van der Waals surface area contributed by atoms with Crippen LogP contribution in [-0.4, -0.2) is 29.9 Å². The van der Waals surface area contributed by atoms with Crippen LogP contribution in [0.1, 0.15) is 13.8 Å². The van der Waals surface area contributed by atoms with Crippen LogP contribution in [0, 0.1) is 5.41 Å². The third-order valence-corrected chi connectivity index (χ3v) is 3.14. The van der Waals surface area contributed by atoms with Gasteiger partial charge in [0.1, 0.15) is 0 Å². The van der Waals surface area contributed by atoms with Gasteiger partial charge in [0, 0.05) is 12.3 Å². The first-order valence-corrected chi connectivity index (χ1v) is 5.18. The number of thioether (sulfide) groups is 1. The van der Waals surface area contributed by atoms with E-state index in [1.54, 1.807) is 11.8 Å². The molecule has 0 atom stereocenters. The number of carbonyl (C=O) groups excluding carboxylic acids is 1. The lowest BCUT2D eigenvalue weighted by Crippen LogP contribution is -2.36. The van der Waals surface area contributed by atoms with Crippen molar-refractivity contribution in [1.82, 2.24) is 5.32 Å². The first-order valence-electron chi connectivity index (χ1n) is 4.19. The van der Waals surface area contributed by atoms with Crippen LogP contribution < -0.4 is 11.1 Å². The first-order chi connectivity index (χ1) is 5.99. The van der Waals surface area contributed by atoms with E-state index in [0.29, 0.717) is 0 Å². The molecular formula is C8H15N3OS. The van der Waals surface area contributed by atoms with Crippen LogP contribution in [0.5, 0.6) is 0 Å². The molecule has 74 valence electrons. The zero-order valence-electron chi connectivity index (χ0n) is 7.96. The van der Waals surface area contributed by atoms with E-state index in [9.17, 15) is 4.79 Å². The molecule has 1 rings (SSSR count). The van der Waals surface area contributed by atoms with Gasteiger partial charge in [0.05, 0.1) is 6.54 Å². The summed E-state index contributed by atoms with van der Waals surface area (Å²) < 4.78 is 0. The predicted molar refractivity (Wildman–Crippen MR) is 55.7 cm³/mol. The SMILES string of the molecule is CC1(C)CN=C(NCC(N)=O)SC1. The Morgan fingerprint density at radius 2 is 2.46 bits per heavy atom. The number of rotatable bonds is 2. The molecular weight excluding hydrogens is 186 g/mol. The lowest BCUT2D eigenvalue weighted by atomic mass is 9.97. The van der Waals surface area contributed by atoms with Crippen molar-refractivity contribution >= 4 is 22.8 Å². The second-order valence-electron chi connectivity index (χ2n) is 3.89. The topological polar surface area (TPSA) is 67.5 Å². The molecule has 0 aromatic carbocycles. The molecule has 0 radical (unpaired) electrons. The Kier molecular flexibility index (Phi) is 3.19. The van der Waals surface area contributed by atoms with Crippen molar-refractivity contribution in [3.63, 3.8) is 0 Å². The van der Waals surface area contributed by atoms with E-state index in [2.05, 4.69) is 24.2 Å². The van der Waals surface area contributed by atoms with Crippen molar-refractivity contribution < 1.29 is 4.79 Å². The predicted octanol–water partition coefficient (Wildman–Crippen LogP) is 0.190. The highest BCUT2D eigenvalue weighted by molar-refractivity contribution is 8.13. The van der Waals surface area contributed by atoms with Gasteiger partial charge >= 0.3 is 0 Å². The second-order valence-corrected chi connectivity index (χ2v) is 4.86. The summed E-state index contributed by atoms with van der Waals surface area (Å²) in [6, 6.07) is 0. The second kappa shape index (κ2) is 4.00. The molecule has 1 aliphatic heterocycles. The van der Waals surface area contributed by atoms with Gasteiger partial charge in [-0.2, -0.15) is 0 Å². The highest BCUT2D eigenvalue weighted by Gasteiger charge is 2.23. The fourth-order valence-electron chi connectivity index (χ4n) is 0.910. The number of aliphatic imine (C=N–C) groups is 1. The Labute approximate surface area is 82.4 Å². The molecule has 0 aromatic rings. The summed E-state index contributed by atoms with van der Waals surface area (Å²) in [5.41, 5.74) is 5.26. The number of primary amides is 1. The Hall–Kier alpha value is -0.710. The summed E-state index contributed by atoms with van der Waals surface area (Å²) >= 11 is 1.64. The summed E-state index contributed by atoms with van der Waals surface area (Å²) in [5, 5.41) is 3.73. The lowest BCUT2D eigenvalue weighted by Gasteiger charge is -2.27. The number of nitrogens with two attached hydrogens (primary N) is 1. The van der Waals surface area contributed by atoms with Crippen molar-refractivity contribution in [2.24, 2.45) is 16.1 Å². The van der Waals surface area contributed by atoms with Crippen molar-refractivity contribution in [2.75, 3.05) is 18.8 Å². The van der Waals surface area contributed by atoms with Gasteiger partial charge in [-0.05, 0) is 5.41 Å². The van der Waals surface area contributed by atoms with Crippen LogP contribution in [0.3, 0.4) is 0 Å². The summed E-state index contributed by atoms with van der Waals surface area (Å²) in [5.74, 6) is 0.672. The van der Waals surface area contributed by atoms with E-state index >= 15 is 0 Å². The average molecular weight is 201 g/mol. The molecule has 0 unspecified atom stereocenters. The van der Waals surface area contributed by atoms with Gasteiger partial charge in [-0.1, -0.05) is 25.6 Å². The zero-order chi connectivity index (χ0) is 9.90. The molecule has 0 saturated carbocycles. The maximum absolute atomic E-state index is 10.5. The van der Waals surface area contributed by atoms with E-state index in [1.165, 1.54) is 0 Å². The molecule has 0 fully saturated rings. The van der Waals surface area contributed by atoms with E-state index < -0.39 is 0 Å². The van der Waals surface area contributed by atoms with Gasteiger partial charge in [-0.15, -0.1) is 0 Å². The van der Waals surface area contributed by atoms with Gasteiger partial charge in [0.25, 0.3) is 0 Å². The number of hydrogen-bond acceptors (Lipinski definition) is 4. The minimum Gasteiger partial charge on any atom is -0.368 e. The first kappa shape index (κ1) is 10.4. The third kappa shape index (κ3) is 3.67. The van der Waals surface area contributed by atoms with Crippen LogP contribution in [0.25, 0.3) is 0 Å². The van der Waals surface area contributed by atoms with Gasteiger partial charge in [-0.25, -0.2) is 0 Å². The molecule has 5 heteroatoms. The monoisotopic (exact) mass is 201 g/mol. The molecule has 0 spiro atoms. The Morgan fingerprint density at radius 3 is 2.92 bits per heavy atom. The molecule has 0 aliphatic carbocycles. The summed E-state index contributed by atoms with van der Waals surface area (Å²) in [4.78, 5) is 14.8. The van der Waals surface area contributed by atoms with E-state index in [1.807, 2.05) is 0 Å². The molecule has 0 aromatic heterocycles. The third-order valence-electron chi connectivity index (χ3n) is 1.66. The van der Waals surface area contributed by atoms with Crippen LogP contribution in [0.15, 0.2) is 4.99 Å². The minimum absolute atomic E-state index is 0.173. The number of hydrogen-bond donors (Lipinski definition) is 2. The molecule has 13 heavy (non-hydrogen) atoms. The highest BCUT2D eigenvalue weighted by atomic mass is 32.2. The molecule has 4 nitrogen and oxygen atoms in total. The minimum atomic E-state index is -0.354. The van der Waals surface area contributed by atoms with Crippen LogP contribution >= 0.6 is 11.8 Å². The summed E-state index contributed by atoms with van der Waals surface area (Å²) in [6.07, 6.45) is 0. The Morgan fingerprint density at radius 1 is 1.77 bits per heavy atom. The number of carbonyl (C=O) groups is 1. The van der Waals surface area contributed by atoms with E-state index in [0.717, 1.165) is 17.5 Å². The normalized spacial score (nSPS) is 20.6. The fraction of sp³-hybridized carbons (Fsp3) is 0.750. The number of nitrogens with one attached hydrogen (secondary N) is 1. The maximum Gasteiger partial charge on any atom is 0.236 e. The van der Waals surface area contributed by atoms with Gasteiger partial charge in [0.2, 0.25) is 5.91 Å². The largest absolute Gasteiger partial charge is 0.368 e. The molecule has 3 N–H and O–H groups in total. The van der Waals surface area contributed by atoms with Crippen LogP contribution in [0.4, 0.5) is 0 Å². The van der Waals surface area contributed by atoms with Crippen molar-refractivity contribution in [1.29, 1.82) is 0 Å². The Balaban J connectivity index is 2.38. The maximum atomic E-state index is 10.5. The van der Waals surface area contributed by atoms with Crippen molar-refractivity contribution in [3.8, 4) is 0 Å². The number of nitrogens with zero attached hydrogens (tertiary/aromatic N) is 1. The lowest BCUT2D eigenvalue weighted by molar-refractivity contribution is -0.116.